The molecule has 1 aliphatic carbocycles. The average Bonchev–Trinajstić information content (AvgIpc) is 2.83. The smallest absolute Gasteiger partial charge is 0.131 e. The molecular weight excluding hydrogens is 332 g/mol. The van der Waals surface area contributed by atoms with Crippen LogP contribution < -0.4 is 4.74 Å². The van der Waals surface area contributed by atoms with Gasteiger partial charge >= 0.3 is 0 Å². The van der Waals surface area contributed by atoms with E-state index in [9.17, 15) is 13.0 Å². The summed E-state index contributed by atoms with van der Waals surface area (Å²) in [6.45, 7) is 1.76. The third kappa shape index (κ3) is 2.92. The van der Waals surface area contributed by atoms with Gasteiger partial charge in [-0.2, -0.15) is 5.26 Å². The summed E-state index contributed by atoms with van der Waals surface area (Å²) in [6, 6.07) is 8.85. The molecule has 0 N–H and O–H groups in total. The molecule has 124 valence electrons. The summed E-state index contributed by atoms with van der Waals surface area (Å²) < 4.78 is 45.4. The van der Waals surface area contributed by atoms with E-state index in [0.29, 0.717) is 21.8 Å². The van der Waals surface area contributed by atoms with Gasteiger partial charge in [-0.05, 0) is 29.8 Å². The first-order chi connectivity index (χ1) is 11.4. The van der Waals surface area contributed by atoms with E-state index in [0.717, 1.165) is 6.07 Å². The first kappa shape index (κ1) is 16.6. The fourth-order valence-corrected chi connectivity index (χ4v) is 3.92. The molecule has 0 heterocycles. The molecule has 0 spiro atoms. The Labute approximate surface area is 141 Å². The lowest BCUT2D eigenvalue weighted by atomic mass is 10.0. The largest absolute Gasteiger partial charge is 0.457 e. The normalized spacial score (nSPS) is 20.3. The van der Waals surface area contributed by atoms with Gasteiger partial charge in [-0.25, -0.2) is 8.78 Å². The molecule has 6 heteroatoms. The maximum absolute atomic E-state index is 14.2. The molecule has 0 amide bonds. The molecule has 24 heavy (non-hydrogen) atoms. The molecular formula is C18H15F2NO2S. The van der Waals surface area contributed by atoms with Crippen LogP contribution in [0, 0.1) is 17.1 Å². The molecule has 2 aromatic rings. The predicted molar refractivity (Wildman–Crippen MR) is 87.0 cm³/mol. The van der Waals surface area contributed by atoms with Crippen molar-refractivity contribution in [1.29, 1.82) is 5.26 Å². The fraction of sp³-hybridized carbons (Fsp3) is 0.278. The van der Waals surface area contributed by atoms with E-state index in [1.807, 2.05) is 6.07 Å². The van der Waals surface area contributed by atoms with Crippen molar-refractivity contribution in [3.8, 4) is 17.6 Å². The van der Waals surface area contributed by atoms with Gasteiger partial charge in [-0.1, -0.05) is 6.92 Å². The van der Waals surface area contributed by atoms with Gasteiger partial charge in [-0.3, -0.25) is 4.21 Å². The van der Waals surface area contributed by atoms with Crippen molar-refractivity contribution in [3.63, 3.8) is 0 Å². The Kier molecular flexibility index (Phi) is 4.37. The molecule has 0 aromatic heterocycles. The second-order valence-corrected chi connectivity index (χ2v) is 7.15. The number of nitrogens with zero attached hydrogens (tertiary/aromatic N) is 1. The maximum Gasteiger partial charge on any atom is 0.131 e. The minimum atomic E-state index is -1.24. The summed E-state index contributed by atoms with van der Waals surface area (Å²) in [5.41, 5.74) is 1.51. The standard InChI is InChI=1S/C18H15F2NO2S/c1-10-15(20)8-14-16(3-4-17(18(10)14)24(2)22)23-13-6-11(9-21)5-12(19)7-13/h3-7,10,15H,8H2,1-2H3. The molecule has 3 nitrogen and oxygen atoms in total. The van der Waals surface area contributed by atoms with Crippen molar-refractivity contribution in [2.75, 3.05) is 6.26 Å². The third-order valence-electron chi connectivity index (χ3n) is 4.21. The molecule has 0 saturated heterocycles. The van der Waals surface area contributed by atoms with Crippen LogP contribution in [0.2, 0.25) is 0 Å². The van der Waals surface area contributed by atoms with Crippen LogP contribution in [0.5, 0.6) is 11.5 Å². The topological polar surface area (TPSA) is 50.1 Å². The second-order valence-electron chi connectivity index (χ2n) is 5.81. The van der Waals surface area contributed by atoms with E-state index in [1.54, 1.807) is 25.3 Å². The maximum atomic E-state index is 14.2. The van der Waals surface area contributed by atoms with Gasteiger partial charge in [0.1, 0.15) is 23.5 Å². The first-order valence-electron chi connectivity index (χ1n) is 7.42. The number of nitriles is 1. The zero-order valence-electron chi connectivity index (χ0n) is 13.2. The van der Waals surface area contributed by atoms with E-state index in [2.05, 4.69) is 0 Å². The monoisotopic (exact) mass is 347 g/mol. The van der Waals surface area contributed by atoms with E-state index < -0.39 is 22.8 Å². The SMILES string of the molecule is CC1c2c(S(C)=O)ccc(Oc3cc(F)cc(C#N)c3)c2CC1F. The molecule has 0 fully saturated rings. The second kappa shape index (κ2) is 6.33. The summed E-state index contributed by atoms with van der Waals surface area (Å²) >= 11 is 0. The van der Waals surface area contributed by atoms with E-state index >= 15 is 0 Å². The van der Waals surface area contributed by atoms with Crippen LogP contribution in [-0.4, -0.2) is 16.6 Å². The Morgan fingerprint density at radius 2 is 2.08 bits per heavy atom. The lowest BCUT2D eigenvalue weighted by Crippen LogP contribution is -2.05. The van der Waals surface area contributed by atoms with Crippen LogP contribution >= 0.6 is 0 Å². The molecule has 0 bridgehead atoms. The number of hydrogen-bond donors (Lipinski definition) is 0. The number of benzene rings is 2. The quantitative estimate of drug-likeness (QED) is 0.835. The lowest BCUT2D eigenvalue weighted by Gasteiger charge is -2.15. The molecule has 0 saturated carbocycles. The van der Waals surface area contributed by atoms with Crippen LogP contribution in [0.15, 0.2) is 35.2 Å². The van der Waals surface area contributed by atoms with Crippen LogP contribution in [-0.2, 0) is 17.2 Å². The molecule has 2 aromatic carbocycles. The molecule has 3 rings (SSSR count). The minimum absolute atomic E-state index is 0.143. The number of alkyl halides is 1. The number of hydrogen-bond acceptors (Lipinski definition) is 3. The summed E-state index contributed by atoms with van der Waals surface area (Å²) in [4.78, 5) is 0.599. The Bertz CT molecular complexity index is 876. The highest BCUT2D eigenvalue weighted by Gasteiger charge is 2.34. The number of fused-ring (bicyclic) bond motifs is 1. The van der Waals surface area contributed by atoms with Crippen molar-refractivity contribution in [2.45, 2.75) is 30.3 Å². The Balaban J connectivity index is 2.07. The van der Waals surface area contributed by atoms with Gasteiger partial charge in [0.25, 0.3) is 0 Å². The van der Waals surface area contributed by atoms with Gasteiger partial charge in [-0.15, -0.1) is 0 Å². The molecule has 0 aliphatic heterocycles. The van der Waals surface area contributed by atoms with E-state index in [4.69, 9.17) is 10.00 Å². The molecule has 1 aliphatic rings. The summed E-state index contributed by atoms with van der Waals surface area (Å²) in [5.74, 6) is -0.372. The Morgan fingerprint density at radius 3 is 2.75 bits per heavy atom. The molecule has 3 atom stereocenters. The molecule has 0 radical (unpaired) electrons. The zero-order valence-corrected chi connectivity index (χ0v) is 14.0. The van der Waals surface area contributed by atoms with Gasteiger partial charge in [0.15, 0.2) is 0 Å². The van der Waals surface area contributed by atoms with Gasteiger partial charge in [0, 0.05) is 35.1 Å². The zero-order chi connectivity index (χ0) is 17.4. The van der Waals surface area contributed by atoms with Gasteiger partial charge in [0.05, 0.1) is 22.4 Å². The third-order valence-corrected chi connectivity index (χ3v) is 5.18. The fourth-order valence-electron chi connectivity index (χ4n) is 3.05. The first-order valence-corrected chi connectivity index (χ1v) is 8.98. The van der Waals surface area contributed by atoms with Crippen LogP contribution in [0.3, 0.4) is 0 Å². The highest BCUT2D eigenvalue weighted by molar-refractivity contribution is 7.84. The predicted octanol–water partition coefficient (Wildman–Crippen LogP) is 4.22. The Morgan fingerprint density at radius 1 is 1.33 bits per heavy atom. The summed E-state index contributed by atoms with van der Waals surface area (Å²) in [7, 11) is -1.24. The van der Waals surface area contributed by atoms with Crippen LogP contribution in [0.1, 0.15) is 29.5 Å². The van der Waals surface area contributed by atoms with Crippen molar-refractivity contribution >= 4 is 10.8 Å². The highest BCUT2D eigenvalue weighted by Crippen LogP contribution is 2.44. The van der Waals surface area contributed by atoms with Gasteiger partial charge < -0.3 is 4.74 Å². The number of ether oxygens (including phenoxy) is 1. The number of rotatable bonds is 3. The highest BCUT2D eigenvalue weighted by atomic mass is 32.2. The van der Waals surface area contributed by atoms with Crippen molar-refractivity contribution in [1.82, 2.24) is 0 Å². The lowest BCUT2D eigenvalue weighted by molar-refractivity contribution is 0.309. The Hall–Kier alpha value is -2.26. The molecule has 3 unspecified atom stereocenters. The van der Waals surface area contributed by atoms with Gasteiger partial charge in [0.2, 0.25) is 0 Å². The van der Waals surface area contributed by atoms with E-state index in [1.165, 1.54) is 12.1 Å². The minimum Gasteiger partial charge on any atom is -0.457 e. The van der Waals surface area contributed by atoms with Crippen LogP contribution in [0.25, 0.3) is 0 Å². The summed E-state index contributed by atoms with van der Waals surface area (Å²) in [5, 5.41) is 8.92. The van der Waals surface area contributed by atoms with Crippen LogP contribution in [0.4, 0.5) is 8.78 Å². The van der Waals surface area contributed by atoms with Crippen molar-refractivity contribution in [3.05, 3.63) is 52.8 Å². The average molecular weight is 347 g/mol. The van der Waals surface area contributed by atoms with E-state index in [-0.39, 0.29) is 23.7 Å². The van der Waals surface area contributed by atoms with Crippen molar-refractivity contribution in [2.24, 2.45) is 0 Å². The van der Waals surface area contributed by atoms with Crippen molar-refractivity contribution < 1.29 is 17.7 Å². The summed E-state index contributed by atoms with van der Waals surface area (Å²) in [6.07, 6.45) is 0.645. The number of halogens is 2.